The van der Waals surface area contributed by atoms with Gasteiger partial charge in [-0.3, -0.25) is 9.59 Å². The summed E-state index contributed by atoms with van der Waals surface area (Å²) < 4.78 is 0. The highest BCUT2D eigenvalue weighted by Gasteiger charge is 2.27. The van der Waals surface area contributed by atoms with E-state index in [1.165, 1.54) is 0 Å². The molecule has 0 bridgehead atoms. The van der Waals surface area contributed by atoms with E-state index >= 15 is 0 Å². The van der Waals surface area contributed by atoms with E-state index in [0.717, 1.165) is 18.7 Å². The summed E-state index contributed by atoms with van der Waals surface area (Å²) in [5.41, 5.74) is 7.13. The van der Waals surface area contributed by atoms with Gasteiger partial charge in [0.05, 0.1) is 6.04 Å². The third-order valence-corrected chi connectivity index (χ3v) is 3.71. The van der Waals surface area contributed by atoms with Crippen molar-refractivity contribution in [1.82, 2.24) is 0 Å². The third-order valence-electron chi connectivity index (χ3n) is 3.71. The van der Waals surface area contributed by atoms with Crippen LogP contribution in [-0.2, 0) is 9.59 Å². The van der Waals surface area contributed by atoms with Crippen LogP contribution in [0.5, 0.6) is 0 Å². The molecule has 0 saturated carbocycles. The molecular formula is C16H23N3O2. The van der Waals surface area contributed by atoms with Gasteiger partial charge >= 0.3 is 0 Å². The molecule has 1 fully saturated rings. The number of hydrogen-bond acceptors (Lipinski definition) is 3. The fourth-order valence-electron chi connectivity index (χ4n) is 2.29. The van der Waals surface area contributed by atoms with E-state index < -0.39 is 6.04 Å². The fraction of sp³-hybridized carbons (Fsp3) is 0.500. The Morgan fingerprint density at radius 3 is 2.67 bits per heavy atom. The smallest absolute Gasteiger partial charge is 0.241 e. The van der Waals surface area contributed by atoms with Crippen LogP contribution in [0, 0.1) is 5.41 Å². The topological polar surface area (TPSA) is 75.4 Å². The van der Waals surface area contributed by atoms with Crippen LogP contribution < -0.4 is 16.0 Å². The number of amides is 2. The number of benzene rings is 1. The van der Waals surface area contributed by atoms with E-state index in [1.807, 2.05) is 39.0 Å². The van der Waals surface area contributed by atoms with Crippen LogP contribution >= 0.6 is 0 Å². The normalized spacial score (nSPS) is 17.0. The minimum atomic E-state index is -0.588. The predicted octanol–water partition coefficient (Wildman–Crippen LogP) is 2.13. The van der Waals surface area contributed by atoms with E-state index in [0.29, 0.717) is 12.1 Å². The molecule has 1 atom stereocenters. The van der Waals surface area contributed by atoms with E-state index in [-0.39, 0.29) is 17.2 Å². The molecule has 1 saturated heterocycles. The lowest BCUT2D eigenvalue weighted by atomic mass is 9.87. The molecule has 2 amide bonds. The number of nitrogens with two attached hydrogens (primary N) is 1. The van der Waals surface area contributed by atoms with Gasteiger partial charge in [0.25, 0.3) is 0 Å². The molecule has 2 rings (SSSR count). The molecule has 1 aliphatic heterocycles. The van der Waals surface area contributed by atoms with E-state index in [2.05, 4.69) is 5.32 Å². The molecular weight excluding hydrogens is 266 g/mol. The third kappa shape index (κ3) is 3.61. The Hall–Kier alpha value is -1.88. The average molecular weight is 289 g/mol. The van der Waals surface area contributed by atoms with Crippen molar-refractivity contribution in [3.8, 4) is 0 Å². The number of rotatable bonds is 3. The predicted molar refractivity (Wildman–Crippen MR) is 84.1 cm³/mol. The number of nitrogens with one attached hydrogen (secondary N) is 1. The number of anilines is 2. The first kappa shape index (κ1) is 15.5. The van der Waals surface area contributed by atoms with Crippen LogP contribution in [-0.4, -0.2) is 24.4 Å². The van der Waals surface area contributed by atoms with E-state index in [4.69, 9.17) is 5.73 Å². The number of nitrogens with zero attached hydrogens (tertiary/aromatic N) is 1. The minimum absolute atomic E-state index is 0.130. The van der Waals surface area contributed by atoms with Crippen molar-refractivity contribution in [2.24, 2.45) is 11.1 Å². The summed E-state index contributed by atoms with van der Waals surface area (Å²) in [6.07, 6.45) is 1.47. The lowest BCUT2D eigenvalue weighted by molar-refractivity contribution is -0.119. The second kappa shape index (κ2) is 5.85. The van der Waals surface area contributed by atoms with Gasteiger partial charge in [0, 0.05) is 24.3 Å². The van der Waals surface area contributed by atoms with E-state index in [9.17, 15) is 9.59 Å². The molecule has 0 aliphatic carbocycles. The molecule has 0 aromatic heterocycles. The van der Waals surface area contributed by atoms with Crippen LogP contribution in [0.1, 0.15) is 33.6 Å². The number of carbonyl (C=O) groups is 2. The van der Waals surface area contributed by atoms with Gasteiger partial charge in [0.2, 0.25) is 11.8 Å². The Kier molecular flexibility index (Phi) is 4.32. The zero-order valence-corrected chi connectivity index (χ0v) is 12.8. The Morgan fingerprint density at radius 1 is 1.38 bits per heavy atom. The second-order valence-corrected chi connectivity index (χ2v) is 6.53. The maximum Gasteiger partial charge on any atom is 0.241 e. The quantitative estimate of drug-likeness (QED) is 0.895. The van der Waals surface area contributed by atoms with Crippen molar-refractivity contribution >= 4 is 23.2 Å². The lowest BCUT2D eigenvalue weighted by Gasteiger charge is -2.26. The van der Waals surface area contributed by atoms with Gasteiger partial charge < -0.3 is 16.0 Å². The highest BCUT2D eigenvalue weighted by atomic mass is 16.2. The largest absolute Gasteiger partial charge is 0.325 e. The van der Waals surface area contributed by atoms with Crippen molar-refractivity contribution in [2.45, 2.75) is 39.7 Å². The van der Waals surface area contributed by atoms with Crippen LogP contribution in [0.2, 0.25) is 0 Å². The van der Waals surface area contributed by atoms with Gasteiger partial charge in [-0.05, 0) is 30.0 Å². The zero-order chi connectivity index (χ0) is 15.6. The highest BCUT2D eigenvalue weighted by molar-refractivity contribution is 5.98. The standard InChI is InChI=1S/C16H23N3O2/c1-16(2,3)14(17)15(21)18-11-6-4-7-12(10-11)19-9-5-8-13(19)20/h4,6-7,10,14H,5,8-9,17H2,1-3H3,(H,18,21). The van der Waals surface area contributed by atoms with Gasteiger partial charge in [0.15, 0.2) is 0 Å². The van der Waals surface area contributed by atoms with Crippen molar-refractivity contribution in [3.05, 3.63) is 24.3 Å². The fourth-order valence-corrected chi connectivity index (χ4v) is 2.29. The molecule has 1 heterocycles. The Balaban J connectivity index is 2.11. The van der Waals surface area contributed by atoms with Crippen molar-refractivity contribution in [2.75, 3.05) is 16.8 Å². The Morgan fingerprint density at radius 2 is 2.10 bits per heavy atom. The molecule has 5 nitrogen and oxygen atoms in total. The monoisotopic (exact) mass is 289 g/mol. The molecule has 1 aliphatic rings. The summed E-state index contributed by atoms with van der Waals surface area (Å²) in [5.74, 6) is -0.0859. The van der Waals surface area contributed by atoms with Gasteiger partial charge in [-0.25, -0.2) is 0 Å². The molecule has 21 heavy (non-hydrogen) atoms. The summed E-state index contributed by atoms with van der Waals surface area (Å²) in [5, 5.41) is 2.83. The minimum Gasteiger partial charge on any atom is -0.325 e. The summed E-state index contributed by atoms with van der Waals surface area (Å²) >= 11 is 0. The first-order valence-electron chi connectivity index (χ1n) is 7.26. The van der Waals surface area contributed by atoms with Crippen molar-refractivity contribution in [3.63, 3.8) is 0 Å². The molecule has 3 N–H and O–H groups in total. The van der Waals surface area contributed by atoms with Gasteiger partial charge in [-0.1, -0.05) is 26.8 Å². The van der Waals surface area contributed by atoms with Crippen molar-refractivity contribution < 1.29 is 9.59 Å². The Labute approximate surface area is 125 Å². The van der Waals surface area contributed by atoms with Gasteiger partial charge in [-0.15, -0.1) is 0 Å². The summed E-state index contributed by atoms with van der Waals surface area (Å²) in [4.78, 5) is 25.7. The molecule has 5 heteroatoms. The SMILES string of the molecule is CC(C)(C)C(N)C(=O)Nc1cccc(N2CCCC2=O)c1. The first-order valence-corrected chi connectivity index (χ1v) is 7.26. The summed E-state index contributed by atoms with van der Waals surface area (Å²) in [6.45, 7) is 6.52. The molecule has 1 aromatic rings. The highest BCUT2D eigenvalue weighted by Crippen LogP contribution is 2.25. The maximum atomic E-state index is 12.1. The van der Waals surface area contributed by atoms with Crippen LogP contribution in [0.25, 0.3) is 0 Å². The lowest BCUT2D eigenvalue weighted by Crippen LogP contribution is -2.45. The molecule has 0 spiro atoms. The maximum absolute atomic E-state index is 12.1. The molecule has 0 radical (unpaired) electrons. The summed E-state index contributed by atoms with van der Waals surface area (Å²) in [7, 11) is 0. The molecule has 1 aromatic carbocycles. The van der Waals surface area contributed by atoms with Crippen LogP contribution in [0.3, 0.4) is 0 Å². The second-order valence-electron chi connectivity index (χ2n) is 6.53. The van der Waals surface area contributed by atoms with Crippen LogP contribution in [0.15, 0.2) is 24.3 Å². The van der Waals surface area contributed by atoms with E-state index in [1.54, 1.807) is 11.0 Å². The Bertz CT molecular complexity index is 549. The van der Waals surface area contributed by atoms with Crippen LogP contribution in [0.4, 0.5) is 11.4 Å². The molecule has 1 unspecified atom stereocenters. The van der Waals surface area contributed by atoms with Gasteiger partial charge in [-0.2, -0.15) is 0 Å². The number of carbonyl (C=O) groups excluding carboxylic acids is 2. The van der Waals surface area contributed by atoms with Gasteiger partial charge in [0.1, 0.15) is 0 Å². The summed E-state index contributed by atoms with van der Waals surface area (Å²) in [6, 6.07) is 6.74. The zero-order valence-electron chi connectivity index (χ0n) is 12.8. The number of hydrogen-bond donors (Lipinski definition) is 2. The van der Waals surface area contributed by atoms with Crippen molar-refractivity contribution in [1.29, 1.82) is 0 Å². The first-order chi connectivity index (χ1) is 9.79. The average Bonchev–Trinajstić information content (AvgIpc) is 2.83. The molecule has 114 valence electrons.